The number of cyclic esters (lactones) is 2. The lowest BCUT2D eigenvalue weighted by molar-refractivity contribution is -0.163. The number of carboxylic acid groups (broad SMARTS) is 1. The molecule has 0 aromatic carbocycles. The minimum atomic E-state index is -0.725. The first-order valence-electron chi connectivity index (χ1n) is 24.0. The summed E-state index contributed by atoms with van der Waals surface area (Å²) in [5.41, 5.74) is 7.10. The van der Waals surface area contributed by atoms with E-state index < -0.39 is 41.3 Å². The molecule has 0 radical (unpaired) electrons. The van der Waals surface area contributed by atoms with Gasteiger partial charge in [-0.25, -0.2) is 0 Å². The molecule has 344 valence electrons. The van der Waals surface area contributed by atoms with Gasteiger partial charge in [0, 0.05) is 32.8 Å². The predicted molar refractivity (Wildman–Crippen MR) is 229 cm³/mol. The Morgan fingerprint density at radius 3 is 2.17 bits per heavy atom. The van der Waals surface area contributed by atoms with Crippen LogP contribution in [0.5, 0.6) is 0 Å². The molecule has 0 amide bonds. The highest BCUT2D eigenvalue weighted by Crippen LogP contribution is 2.72. The summed E-state index contributed by atoms with van der Waals surface area (Å²) in [6.07, 6.45) is 3.89. The van der Waals surface area contributed by atoms with Crippen LogP contribution in [0.15, 0.2) is 33.4 Å². The summed E-state index contributed by atoms with van der Waals surface area (Å²) in [6, 6.07) is 0. The number of rotatable bonds is 11. The zero-order valence-electron chi connectivity index (χ0n) is 36.8. The van der Waals surface area contributed by atoms with Crippen LogP contribution in [0.4, 0.5) is 0 Å². The maximum Gasteiger partial charge on any atom is 0.317 e. The van der Waals surface area contributed by atoms with Crippen LogP contribution in [-0.4, -0.2) is 116 Å². The van der Waals surface area contributed by atoms with Crippen LogP contribution in [0.3, 0.4) is 0 Å². The fourth-order valence-electron chi connectivity index (χ4n) is 16.7. The molecular weight excluding hydrogens is 861 g/mol. The minimum Gasteiger partial charge on any atom is -0.481 e. The maximum absolute atomic E-state index is 13.6. The highest BCUT2D eigenvalue weighted by atomic mass is 32.2. The van der Waals surface area contributed by atoms with Gasteiger partial charge < -0.3 is 38.6 Å². The first-order chi connectivity index (χ1) is 30.6. The van der Waals surface area contributed by atoms with Crippen LogP contribution >= 0.6 is 23.5 Å². The van der Waals surface area contributed by atoms with E-state index in [2.05, 4.69) is 6.92 Å². The molecule has 64 heavy (non-hydrogen) atoms. The molecule has 2 N–H and O–H groups in total. The van der Waals surface area contributed by atoms with Gasteiger partial charge in [-0.1, -0.05) is 18.1 Å². The van der Waals surface area contributed by atoms with Gasteiger partial charge in [0.15, 0.2) is 0 Å². The quantitative estimate of drug-likeness (QED) is 0.121. The number of aliphatic hydroxyl groups is 1. The number of esters is 4. The fraction of sp³-hybridized carbons (Fsp3) is 0.776. The largest absolute Gasteiger partial charge is 0.481 e. The summed E-state index contributed by atoms with van der Waals surface area (Å²) < 4.78 is 37.6. The van der Waals surface area contributed by atoms with Gasteiger partial charge in [-0.3, -0.25) is 24.0 Å². The summed E-state index contributed by atoms with van der Waals surface area (Å²) in [5, 5.41) is 20.2. The first-order valence-corrected chi connectivity index (χ1v) is 25.9. The Morgan fingerprint density at radius 1 is 0.734 bits per heavy atom. The van der Waals surface area contributed by atoms with Crippen molar-refractivity contribution >= 4 is 53.4 Å². The molecule has 11 heterocycles. The third-order valence-electron chi connectivity index (χ3n) is 18.9. The highest BCUT2D eigenvalue weighted by Gasteiger charge is 2.72. The van der Waals surface area contributed by atoms with E-state index in [1.54, 1.807) is 6.92 Å². The summed E-state index contributed by atoms with van der Waals surface area (Å²) in [5.74, 6) is -2.26. The predicted octanol–water partition coefficient (Wildman–Crippen LogP) is 5.07. The van der Waals surface area contributed by atoms with Gasteiger partial charge in [0.25, 0.3) is 0 Å². The van der Waals surface area contributed by atoms with Gasteiger partial charge in [0.2, 0.25) is 0 Å². The maximum atomic E-state index is 13.6. The SMILES string of the molecule is CC1=C(CC2=C(CC3=C(CC4C(=O)OC(=O)C4C)C4SC3C3C5CC(C(=O)O)C(S5)C43)C3OC2C2C4CC(C(=O)OCCO)C(O4)C32)C2OC1C1C3CC(C(=O)OC(C)(C)C)C(C3)C21. The molecule has 12 bridgehead atoms. The lowest BCUT2D eigenvalue weighted by Crippen LogP contribution is -2.45. The number of aliphatic carboxylic acids is 1. The Morgan fingerprint density at radius 2 is 1.45 bits per heavy atom. The van der Waals surface area contributed by atoms with E-state index in [0.717, 1.165) is 12.8 Å². The van der Waals surface area contributed by atoms with Crippen LogP contribution in [0, 0.1) is 76.9 Å². The Kier molecular flexibility index (Phi) is 9.19. The van der Waals surface area contributed by atoms with Crippen molar-refractivity contribution in [3.05, 3.63) is 33.4 Å². The summed E-state index contributed by atoms with van der Waals surface area (Å²) in [4.78, 5) is 65.6. The standard InChI is InChI=1S/C49H58O13S2/c1-15-18(37-31-20-8-17(30(31)36(15)59-37)9-25(20)48(56)62-49(3,4)5)10-21-22(39-34-32(38(21)60-39)28-13-26(40(34)58-28)46(54)57-7-6-50)12-24-23(11-19-16(2)45(53)61-47(19)55)42-35-33(41(24)64-42)29-14-27(44(51)52)43(35)63-29/h16-17,19-20,25-43,50H,6-14H2,1-5H3,(H,51,52). The van der Waals surface area contributed by atoms with E-state index in [4.69, 9.17) is 28.4 Å². The normalized spacial score (nSPS) is 50.2. The number of hydrogen-bond donors (Lipinski definition) is 2. The number of fused-ring (bicyclic) bond motifs is 27. The van der Waals surface area contributed by atoms with Crippen molar-refractivity contribution in [2.75, 3.05) is 13.2 Å². The third-order valence-corrected chi connectivity index (χ3v) is 22.5. The van der Waals surface area contributed by atoms with Crippen molar-refractivity contribution in [3.63, 3.8) is 0 Å². The van der Waals surface area contributed by atoms with Crippen LogP contribution < -0.4 is 0 Å². The van der Waals surface area contributed by atoms with Gasteiger partial charge in [0.1, 0.15) is 12.2 Å². The van der Waals surface area contributed by atoms with Gasteiger partial charge in [-0.2, -0.15) is 11.8 Å². The molecule has 8 saturated heterocycles. The number of thioether (sulfide) groups is 2. The van der Waals surface area contributed by atoms with Crippen LogP contribution in [0.1, 0.15) is 79.6 Å². The van der Waals surface area contributed by atoms with E-state index >= 15 is 0 Å². The molecule has 11 aliphatic heterocycles. The first kappa shape index (κ1) is 41.5. The lowest BCUT2D eigenvalue weighted by atomic mass is 9.61. The Bertz CT molecular complexity index is 2260. The monoisotopic (exact) mass is 918 g/mol. The van der Waals surface area contributed by atoms with Crippen molar-refractivity contribution in [1.82, 2.24) is 0 Å². The van der Waals surface area contributed by atoms with Gasteiger partial charge >= 0.3 is 29.8 Å². The van der Waals surface area contributed by atoms with Gasteiger partial charge in [0.05, 0.1) is 72.8 Å². The smallest absolute Gasteiger partial charge is 0.317 e. The molecule has 13 nitrogen and oxygen atoms in total. The molecule has 13 aliphatic rings. The summed E-state index contributed by atoms with van der Waals surface area (Å²) in [7, 11) is 0. The Labute approximate surface area is 380 Å². The summed E-state index contributed by atoms with van der Waals surface area (Å²) in [6.45, 7) is 9.55. The van der Waals surface area contributed by atoms with Crippen molar-refractivity contribution in [3.8, 4) is 0 Å². The molecule has 2 aliphatic carbocycles. The molecule has 13 rings (SSSR count). The number of carbonyl (C=O) groups excluding carboxylic acids is 4. The van der Waals surface area contributed by atoms with Crippen molar-refractivity contribution in [2.24, 2.45) is 76.9 Å². The topological polar surface area (TPSA) is 181 Å². The number of hydrogen-bond acceptors (Lipinski definition) is 14. The number of ether oxygens (including phenoxy) is 6. The second kappa shape index (κ2) is 14.2. The molecular formula is C49H58O13S2. The van der Waals surface area contributed by atoms with E-state index in [1.165, 1.54) is 33.4 Å². The molecule has 0 aromatic rings. The molecule has 0 aromatic heterocycles. The van der Waals surface area contributed by atoms with E-state index in [1.807, 2.05) is 44.3 Å². The highest BCUT2D eigenvalue weighted by molar-refractivity contribution is 8.03. The van der Waals surface area contributed by atoms with Crippen LogP contribution in [0.2, 0.25) is 0 Å². The minimum absolute atomic E-state index is 0.0218. The lowest BCUT2D eigenvalue weighted by Gasteiger charge is -2.40. The fourth-order valence-corrected chi connectivity index (χ4v) is 21.2. The average Bonchev–Trinajstić information content (AvgIpc) is 4.07. The molecule has 2 saturated carbocycles. The number of carbonyl (C=O) groups is 5. The van der Waals surface area contributed by atoms with E-state index in [-0.39, 0.29) is 124 Å². The average molecular weight is 919 g/mol. The zero-order chi connectivity index (χ0) is 44.2. The molecule has 23 atom stereocenters. The van der Waals surface area contributed by atoms with E-state index in [9.17, 15) is 34.2 Å². The second-order valence-corrected chi connectivity index (χ2v) is 25.3. The summed E-state index contributed by atoms with van der Waals surface area (Å²) >= 11 is 3.80. The van der Waals surface area contributed by atoms with Crippen LogP contribution in [0.25, 0.3) is 0 Å². The van der Waals surface area contributed by atoms with Crippen LogP contribution in [-0.2, 0) is 52.4 Å². The number of aliphatic hydroxyl groups excluding tert-OH is 1. The van der Waals surface area contributed by atoms with Gasteiger partial charge in [-0.15, -0.1) is 11.8 Å². The van der Waals surface area contributed by atoms with Crippen molar-refractivity contribution in [1.29, 1.82) is 0 Å². The molecule has 23 unspecified atom stereocenters. The number of carboxylic acids is 1. The third kappa shape index (κ3) is 5.57. The molecule has 0 spiro atoms. The zero-order valence-corrected chi connectivity index (χ0v) is 38.5. The van der Waals surface area contributed by atoms with Crippen molar-refractivity contribution in [2.45, 2.75) is 143 Å². The molecule has 15 heteroatoms. The Balaban J connectivity index is 0.877. The van der Waals surface area contributed by atoms with Crippen molar-refractivity contribution < 1.29 is 62.6 Å². The molecule has 10 fully saturated rings. The van der Waals surface area contributed by atoms with Gasteiger partial charge in [-0.05, 0) is 130 Å². The van der Waals surface area contributed by atoms with E-state index in [0.29, 0.717) is 49.9 Å². The second-order valence-electron chi connectivity index (χ2n) is 22.6. The Hall–Kier alpha value is -2.69.